The van der Waals surface area contributed by atoms with E-state index in [1.807, 2.05) is 42.5 Å². The normalized spacial score (nSPS) is 16.4. The number of benzene rings is 2. The molecule has 0 bridgehead atoms. The number of hydrogen-bond acceptors (Lipinski definition) is 3. The van der Waals surface area contributed by atoms with Gasteiger partial charge in [-0.1, -0.05) is 30.3 Å². The highest BCUT2D eigenvalue weighted by molar-refractivity contribution is 14.0. The molecular weight excluding hydrogens is 441 g/mol. The number of halogens is 1. The summed E-state index contributed by atoms with van der Waals surface area (Å²) in [5, 5.41) is 3.14. The SMILES string of the molecule is COc1ccc(C2(CN=C(N)Nc3ccccc3)CCOCC2)cc1.I. The van der Waals surface area contributed by atoms with Gasteiger partial charge < -0.3 is 20.5 Å². The molecule has 1 aliphatic rings. The van der Waals surface area contributed by atoms with Gasteiger partial charge in [0.25, 0.3) is 0 Å². The van der Waals surface area contributed by atoms with Crippen molar-refractivity contribution in [2.45, 2.75) is 18.3 Å². The molecule has 2 aromatic rings. The summed E-state index contributed by atoms with van der Waals surface area (Å²) in [6.45, 7) is 2.12. The van der Waals surface area contributed by atoms with Crippen LogP contribution in [0.5, 0.6) is 5.75 Å². The lowest BCUT2D eigenvalue weighted by atomic mass is 9.74. The fourth-order valence-corrected chi connectivity index (χ4v) is 3.19. The van der Waals surface area contributed by atoms with Crippen LogP contribution in [0.25, 0.3) is 0 Å². The van der Waals surface area contributed by atoms with E-state index in [-0.39, 0.29) is 29.4 Å². The number of ether oxygens (including phenoxy) is 2. The van der Waals surface area contributed by atoms with Gasteiger partial charge in [0.2, 0.25) is 0 Å². The van der Waals surface area contributed by atoms with Crippen LogP contribution < -0.4 is 15.8 Å². The number of methoxy groups -OCH3 is 1. The molecule has 0 saturated carbocycles. The molecule has 0 unspecified atom stereocenters. The highest BCUT2D eigenvalue weighted by Crippen LogP contribution is 2.36. The van der Waals surface area contributed by atoms with Crippen LogP contribution in [0.2, 0.25) is 0 Å². The van der Waals surface area contributed by atoms with Crippen molar-refractivity contribution in [1.82, 2.24) is 0 Å². The Labute approximate surface area is 172 Å². The van der Waals surface area contributed by atoms with E-state index in [1.54, 1.807) is 7.11 Å². The zero-order chi connectivity index (χ0) is 17.5. The van der Waals surface area contributed by atoms with Crippen LogP contribution in [0.4, 0.5) is 5.69 Å². The Morgan fingerprint density at radius 2 is 1.77 bits per heavy atom. The largest absolute Gasteiger partial charge is 0.497 e. The number of rotatable bonds is 5. The lowest BCUT2D eigenvalue weighted by Crippen LogP contribution is -2.38. The van der Waals surface area contributed by atoms with Crippen molar-refractivity contribution in [3.63, 3.8) is 0 Å². The van der Waals surface area contributed by atoms with Crippen LogP contribution >= 0.6 is 24.0 Å². The molecule has 0 amide bonds. The summed E-state index contributed by atoms with van der Waals surface area (Å²) in [4.78, 5) is 4.63. The average molecular weight is 467 g/mol. The van der Waals surface area contributed by atoms with E-state index in [0.29, 0.717) is 12.5 Å². The van der Waals surface area contributed by atoms with E-state index >= 15 is 0 Å². The van der Waals surface area contributed by atoms with Gasteiger partial charge in [-0.05, 0) is 42.7 Å². The van der Waals surface area contributed by atoms with Gasteiger partial charge >= 0.3 is 0 Å². The molecule has 1 saturated heterocycles. The predicted octanol–water partition coefficient (Wildman–Crippen LogP) is 3.79. The van der Waals surface area contributed by atoms with Gasteiger partial charge in [-0.25, -0.2) is 0 Å². The molecule has 0 atom stereocenters. The number of nitrogens with two attached hydrogens (primary N) is 1. The number of hydrogen-bond donors (Lipinski definition) is 2. The van der Waals surface area contributed by atoms with E-state index in [0.717, 1.165) is 37.5 Å². The molecule has 3 N–H and O–H groups in total. The molecule has 140 valence electrons. The number of aliphatic imine (C=N–C) groups is 1. The average Bonchev–Trinajstić information content (AvgIpc) is 2.68. The van der Waals surface area contributed by atoms with E-state index in [2.05, 4.69) is 22.4 Å². The summed E-state index contributed by atoms with van der Waals surface area (Å²) >= 11 is 0. The fourth-order valence-electron chi connectivity index (χ4n) is 3.19. The number of para-hydroxylation sites is 1. The monoisotopic (exact) mass is 467 g/mol. The van der Waals surface area contributed by atoms with Crippen molar-refractivity contribution >= 4 is 35.6 Å². The molecule has 1 aliphatic heterocycles. The van der Waals surface area contributed by atoms with Crippen molar-refractivity contribution in [1.29, 1.82) is 0 Å². The maximum atomic E-state index is 6.09. The minimum atomic E-state index is -0.0481. The fraction of sp³-hybridized carbons (Fsp3) is 0.350. The third kappa shape index (κ3) is 5.11. The summed E-state index contributed by atoms with van der Waals surface area (Å²) in [6, 6.07) is 18.1. The Morgan fingerprint density at radius 1 is 1.12 bits per heavy atom. The second kappa shape index (κ2) is 9.78. The molecule has 3 rings (SSSR count). The summed E-state index contributed by atoms with van der Waals surface area (Å²) < 4.78 is 10.8. The maximum Gasteiger partial charge on any atom is 0.193 e. The lowest BCUT2D eigenvalue weighted by Gasteiger charge is -2.36. The number of guanidine groups is 1. The van der Waals surface area contributed by atoms with Crippen molar-refractivity contribution in [2.75, 3.05) is 32.2 Å². The quantitative estimate of drug-likeness (QED) is 0.399. The highest BCUT2D eigenvalue weighted by Gasteiger charge is 2.34. The first-order chi connectivity index (χ1) is 12.2. The molecule has 1 heterocycles. The van der Waals surface area contributed by atoms with Crippen molar-refractivity contribution < 1.29 is 9.47 Å². The Kier molecular flexibility index (Phi) is 7.71. The standard InChI is InChI=1S/C20H25N3O2.HI/c1-24-18-9-7-16(8-10-18)20(11-13-25-14-12-20)15-22-19(21)23-17-5-3-2-4-6-17;/h2-10H,11-15H2,1H3,(H3,21,22,23);1H. The molecule has 26 heavy (non-hydrogen) atoms. The topological polar surface area (TPSA) is 68.9 Å². The van der Waals surface area contributed by atoms with E-state index in [4.69, 9.17) is 15.2 Å². The van der Waals surface area contributed by atoms with Crippen LogP contribution in [-0.2, 0) is 10.2 Å². The molecule has 0 spiro atoms. The minimum absolute atomic E-state index is 0. The second-order valence-electron chi connectivity index (χ2n) is 6.31. The number of anilines is 1. The van der Waals surface area contributed by atoms with Crippen LogP contribution in [-0.4, -0.2) is 32.8 Å². The number of nitrogens with one attached hydrogen (secondary N) is 1. The van der Waals surface area contributed by atoms with Crippen LogP contribution in [0, 0.1) is 0 Å². The summed E-state index contributed by atoms with van der Waals surface area (Å²) in [5.41, 5.74) is 8.24. The van der Waals surface area contributed by atoms with E-state index in [1.165, 1.54) is 5.56 Å². The third-order valence-corrected chi connectivity index (χ3v) is 4.75. The van der Waals surface area contributed by atoms with E-state index < -0.39 is 0 Å². The van der Waals surface area contributed by atoms with Gasteiger partial charge in [-0.15, -0.1) is 24.0 Å². The Balaban J connectivity index is 0.00000243. The van der Waals surface area contributed by atoms with Crippen LogP contribution in [0.15, 0.2) is 59.6 Å². The van der Waals surface area contributed by atoms with Gasteiger partial charge in [0, 0.05) is 24.3 Å². The first-order valence-corrected chi connectivity index (χ1v) is 8.56. The Morgan fingerprint density at radius 3 is 2.38 bits per heavy atom. The molecule has 0 aliphatic carbocycles. The Hall–Kier alpha value is -1.80. The lowest BCUT2D eigenvalue weighted by molar-refractivity contribution is 0.0531. The second-order valence-corrected chi connectivity index (χ2v) is 6.31. The van der Waals surface area contributed by atoms with Crippen molar-refractivity contribution in [3.8, 4) is 5.75 Å². The molecule has 5 nitrogen and oxygen atoms in total. The Bertz CT molecular complexity index is 699. The van der Waals surface area contributed by atoms with Crippen LogP contribution in [0.3, 0.4) is 0 Å². The first-order valence-electron chi connectivity index (χ1n) is 8.56. The molecule has 1 fully saturated rings. The summed E-state index contributed by atoms with van der Waals surface area (Å²) in [7, 11) is 1.68. The van der Waals surface area contributed by atoms with Gasteiger partial charge in [0.15, 0.2) is 5.96 Å². The zero-order valence-electron chi connectivity index (χ0n) is 15.0. The van der Waals surface area contributed by atoms with Gasteiger partial charge in [0.1, 0.15) is 5.75 Å². The molecule has 0 aromatic heterocycles. The van der Waals surface area contributed by atoms with Gasteiger partial charge in [0.05, 0.1) is 13.7 Å². The van der Waals surface area contributed by atoms with E-state index in [9.17, 15) is 0 Å². The minimum Gasteiger partial charge on any atom is -0.497 e. The molecule has 6 heteroatoms. The van der Waals surface area contributed by atoms with Crippen molar-refractivity contribution in [2.24, 2.45) is 10.7 Å². The first kappa shape index (κ1) is 20.5. The smallest absolute Gasteiger partial charge is 0.193 e. The summed E-state index contributed by atoms with van der Waals surface area (Å²) in [6.07, 6.45) is 1.86. The maximum absolute atomic E-state index is 6.09. The van der Waals surface area contributed by atoms with Crippen LogP contribution in [0.1, 0.15) is 18.4 Å². The van der Waals surface area contributed by atoms with Gasteiger partial charge in [-0.2, -0.15) is 0 Å². The molecule has 2 aromatic carbocycles. The third-order valence-electron chi connectivity index (χ3n) is 4.75. The molecular formula is C20H26IN3O2. The zero-order valence-corrected chi connectivity index (χ0v) is 17.3. The highest BCUT2D eigenvalue weighted by atomic mass is 127. The van der Waals surface area contributed by atoms with Gasteiger partial charge in [-0.3, -0.25) is 4.99 Å². The number of nitrogens with zero attached hydrogens (tertiary/aromatic N) is 1. The van der Waals surface area contributed by atoms with Crippen molar-refractivity contribution in [3.05, 3.63) is 60.2 Å². The molecule has 0 radical (unpaired) electrons. The predicted molar refractivity (Wildman–Crippen MR) is 117 cm³/mol. The summed E-state index contributed by atoms with van der Waals surface area (Å²) in [5.74, 6) is 1.30.